The van der Waals surface area contributed by atoms with E-state index in [0.29, 0.717) is 10.7 Å². The van der Waals surface area contributed by atoms with Gasteiger partial charge in [-0.25, -0.2) is 4.98 Å². The molecule has 0 radical (unpaired) electrons. The van der Waals surface area contributed by atoms with E-state index >= 15 is 0 Å². The van der Waals surface area contributed by atoms with Crippen LogP contribution in [0.1, 0.15) is 0 Å². The second kappa shape index (κ2) is 3.64. The Morgan fingerprint density at radius 3 is 2.86 bits per heavy atom. The van der Waals surface area contributed by atoms with E-state index in [4.69, 9.17) is 11.6 Å². The molecule has 1 heterocycles. The lowest BCUT2D eigenvalue weighted by Gasteiger charge is -1.99. The normalized spacial score (nSPS) is 10.1. The van der Waals surface area contributed by atoms with E-state index in [1.54, 1.807) is 12.1 Å². The summed E-state index contributed by atoms with van der Waals surface area (Å²) in [6, 6.07) is 8.65. The van der Waals surface area contributed by atoms with Crippen LogP contribution in [-0.2, 0) is 0 Å². The maximum absolute atomic E-state index is 11.0. The Balaban J connectivity index is 2.55. The highest BCUT2D eigenvalue weighted by molar-refractivity contribution is 6.30. The van der Waals surface area contributed by atoms with Crippen molar-refractivity contribution in [2.45, 2.75) is 0 Å². The van der Waals surface area contributed by atoms with Crippen LogP contribution in [0.25, 0.3) is 11.3 Å². The van der Waals surface area contributed by atoms with Gasteiger partial charge in [0.25, 0.3) is 5.56 Å². The fourth-order valence-corrected chi connectivity index (χ4v) is 1.36. The molecule has 1 N–H and O–H groups in total. The maximum atomic E-state index is 11.0. The number of hydrogen-bond donors (Lipinski definition) is 1. The van der Waals surface area contributed by atoms with Crippen LogP contribution in [0.3, 0.4) is 0 Å². The second-order valence-electron chi connectivity index (χ2n) is 2.81. The fourth-order valence-electron chi connectivity index (χ4n) is 1.17. The first-order valence-electron chi connectivity index (χ1n) is 4.06. The van der Waals surface area contributed by atoms with Crippen LogP contribution < -0.4 is 5.56 Å². The summed E-state index contributed by atoms with van der Waals surface area (Å²) in [7, 11) is 0. The van der Waals surface area contributed by atoms with Gasteiger partial charge in [0.2, 0.25) is 0 Å². The summed E-state index contributed by atoms with van der Waals surface area (Å²) in [6.45, 7) is 0. The van der Waals surface area contributed by atoms with Gasteiger partial charge >= 0.3 is 0 Å². The van der Waals surface area contributed by atoms with Gasteiger partial charge in [-0.15, -0.1) is 0 Å². The average Bonchev–Trinajstić information content (AvgIpc) is 2.18. The van der Waals surface area contributed by atoms with E-state index in [0.717, 1.165) is 5.56 Å². The Kier molecular flexibility index (Phi) is 2.33. The molecule has 0 aliphatic heterocycles. The van der Waals surface area contributed by atoms with Gasteiger partial charge in [0.15, 0.2) is 0 Å². The molecule has 1 aromatic carbocycles. The van der Waals surface area contributed by atoms with E-state index in [9.17, 15) is 4.79 Å². The first-order valence-corrected chi connectivity index (χ1v) is 4.44. The predicted octanol–water partition coefficient (Wildman–Crippen LogP) is 2.09. The van der Waals surface area contributed by atoms with Crippen LogP contribution >= 0.6 is 11.6 Å². The fraction of sp³-hybridized carbons (Fsp3) is 0. The van der Waals surface area contributed by atoms with Crippen molar-refractivity contribution in [1.82, 2.24) is 9.97 Å². The minimum Gasteiger partial charge on any atom is -0.313 e. The molecule has 0 bridgehead atoms. The Labute approximate surface area is 85.4 Å². The summed E-state index contributed by atoms with van der Waals surface area (Å²) in [4.78, 5) is 17.5. The summed E-state index contributed by atoms with van der Waals surface area (Å²) >= 11 is 5.82. The van der Waals surface area contributed by atoms with Gasteiger partial charge in [-0.2, -0.15) is 0 Å². The number of rotatable bonds is 1. The van der Waals surface area contributed by atoms with Gasteiger partial charge < -0.3 is 4.98 Å². The molecular weight excluding hydrogens is 200 g/mol. The van der Waals surface area contributed by atoms with Gasteiger partial charge in [-0.3, -0.25) is 4.79 Å². The maximum Gasteiger partial charge on any atom is 0.251 e. The smallest absolute Gasteiger partial charge is 0.251 e. The predicted molar refractivity (Wildman–Crippen MR) is 55.3 cm³/mol. The van der Waals surface area contributed by atoms with E-state index in [1.165, 1.54) is 12.4 Å². The number of benzene rings is 1. The van der Waals surface area contributed by atoms with Gasteiger partial charge in [0, 0.05) is 16.7 Å². The molecule has 1 aromatic heterocycles. The number of nitrogens with one attached hydrogen (secondary N) is 1. The van der Waals surface area contributed by atoms with Crippen molar-refractivity contribution in [3.8, 4) is 11.3 Å². The molecule has 14 heavy (non-hydrogen) atoms. The zero-order valence-electron chi connectivity index (χ0n) is 7.20. The van der Waals surface area contributed by atoms with Crippen molar-refractivity contribution in [3.05, 3.63) is 52.0 Å². The zero-order chi connectivity index (χ0) is 9.97. The summed E-state index contributed by atoms with van der Waals surface area (Å²) < 4.78 is 0. The minimum atomic E-state index is -0.171. The summed E-state index contributed by atoms with van der Waals surface area (Å²) in [5.74, 6) is 0. The van der Waals surface area contributed by atoms with Crippen LogP contribution in [-0.4, -0.2) is 9.97 Å². The second-order valence-corrected chi connectivity index (χ2v) is 3.24. The molecule has 0 saturated heterocycles. The van der Waals surface area contributed by atoms with Crippen molar-refractivity contribution < 1.29 is 0 Å². The average molecular weight is 207 g/mol. The molecule has 70 valence electrons. The number of hydrogen-bond acceptors (Lipinski definition) is 2. The van der Waals surface area contributed by atoms with Crippen molar-refractivity contribution >= 4 is 11.6 Å². The van der Waals surface area contributed by atoms with Gasteiger partial charge in [0.05, 0.1) is 12.0 Å². The summed E-state index contributed by atoms with van der Waals surface area (Å²) in [5.41, 5.74) is 1.29. The first kappa shape index (κ1) is 8.97. The molecule has 3 nitrogen and oxygen atoms in total. The highest BCUT2D eigenvalue weighted by atomic mass is 35.5. The first-order chi connectivity index (χ1) is 6.75. The zero-order valence-corrected chi connectivity index (χ0v) is 7.95. The van der Waals surface area contributed by atoms with Crippen LogP contribution in [0.15, 0.2) is 41.5 Å². The van der Waals surface area contributed by atoms with Gasteiger partial charge in [0.1, 0.15) is 0 Å². The summed E-state index contributed by atoms with van der Waals surface area (Å²) in [6.07, 6.45) is 1.37. The van der Waals surface area contributed by atoms with Crippen molar-refractivity contribution in [2.75, 3.05) is 0 Å². The quantitative estimate of drug-likeness (QED) is 0.777. The lowest BCUT2D eigenvalue weighted by molar-refractivity contribution is 1.12. The minimum absolute atomic E-state index is 0.171. The molecule has 4 heteroatoms. The monoisotopic (exact) mass is 206 g/mol. The van der Waals surface area contributed by atoms with E-state index in [-0.39, 0.29) is 5.56 Å². The highest BCUT2D eigenvalue weighted by Crippen LogP contribution is 2.18. The van der Waals surface area contributed by atoms with Crippen molar-refractivity contribution in [1.29, 1.82) is 0 Å². The highest BCUT2D eigenvalue weighted by Gasteiger charge is 1.99. The van der Waals surface area contributed by atoms with Gasteiger partial charge in [-0.1, -0.05) is 23.7 Å². The third-order valence-electron chi connectivity index (χ3n) is 1.80. The van der Waals surface area contributed by atoms with Gasteiger partial charge in [-0.05, 0) is 12.1 Å². The molecule has 2 aromatic rings. The molecular formula is C10H7ClN2O. The topological polar surface area (TPSA) is 45.8 Å². The lowest BCUT2D eigenvalue weighted by Crippen LogP contribution is -2.04. The third kappa shape index (κ3) is 1.83. The van der Waals surface area contributed by atoms with Crippen LogP contribution in [0.2, 0.25) is 5.02 Å². The molecule has 0 atom stereocenters. The number of nitrogens with zero attached hydrogens (tertiary/aromatic N) is 1. The Morgan fingerprint density at radius 1 is 1.29 bits per heavy atom. The Morgan fingerprint density at radius 2 is 2.14 bits per heavy atom. The van der Waals surface area contributed by atoms with Crippen LogP contribution in [0.5, 0.6) is 0 Å². The lowest BCUT2D eigenvalue weighted by atomic mass is 10.1. The number of aromatic amines is 1. The largest absolute Gasteiger partial charge is 0.313 e. The van der Waals surface area contributed by atoms with Crippen molar-refractivity contribution in [3.63, 3.8) is 0 Å². The van der Waals surface area contributed by atoms with E-state index < -0.39 is 0 Å². The summed E-state index contributed by atoms with van der Waals surface area (Å²) in [5, 5.41) is 0.629. The van der Waals surface area contributed by atoms with Crippen LogP contribution in [0.4, 0.5) is 0 Å². The molecule has 2 rings (SSSR count). The Hall–Kier alpha value is -1.61. The van der Waals surface area contributed by atoms with E-state index in [2.05, 4.69) is 9.97 Å². The number of aromatic nitrogens is 2. The standard InChI is InChI=1S/C10H7ClN2O/c11-8-3-1-2-7(4-8)9-5-10(14)13-6-12-9/h1-6H,(H,12,13,14). The molecule has 0 fully saturated rings. The number of H-pyrrole nitrogens is 1. The third-order valence-corrected chi connectivity index (χ3v) is 2.03. The van der Waals surface area contributed by atoms with Crippen LogP contribution in [0, 0.1) is 0 Å². The molecule has 0 aliphatic carbocycles. The molecule has 0 aliphatic rings. The van der Waals surface area contributed by atoms with Crippen molar-refractivity contribution in [2.24, 2.45) is 0 Å². The van der Waals surface area contributed by atoms with E-state index in [1.807, 2.05) is 12.1 Å². The SMILES string of the molecule is O=c1cc(-c2cccc(Cl)c2)nc[nH]1. The molecule has 0 saturated carbocycles. The molecule has 0 amide bonds. The number of halogens is 1. The molecule has 0 spiro atoms. The molecule has 0 unspecified atom stereocenters. The Bertz CT molecular complexity index is 507.